The van der Waals surface area contributed by atoms with Gasteiger partial charge in [0.05, 0.1) is 25.1 Å². The maximum atomic E-state index is 12.7. The SMILES string of the molecule is COc1cccc(N(CC(=O)N[C@H](C)c2ccc3c(c2)CCCC3)S(C)(=O)=O)c1. The molecule has 1 aliphatic rings. The number of sulfonamides is 1. The van der Waals surface area contributed by atoms with Crippen molar-refractivity contribution in [2.45, 2.75) is 38.6 Å². The van der Waals surface area contributed by atoms with Gasteiger partial charge in [-0.25, -0.2) is 8.42 Å². The fraction of sp³-hybridized carbons (Fsp3) is 0.409. The third-order valence-corrected chi connectivity index (χ3v) is 6.42. The Kier molecular flexibility index (Phi) is 6.47. The first-order valence-electron chi connectivity index (χ1n) is 9.81. The second-order valence-electron chi connectivity index (χ2n) is 7.50. The van der Waals surface area contributed by atoms with Crippen LogP contribution in [0.5, 0.6) is 5.75 Å². The average molecular weight is 417 g/mol. The van der Waals surface area contributed by atoms with Crippen molar-refractivity contribution in [1.29, 1.82) is 0 Å². The molecule has 0 heterocycles. The molecule has 0 bridgehead atoms. The van der Waals surface area contributed by atoms with Crippen LogP contribution in [-0.2, 0) is 27.7 Å². The van der Waals surface area contributed by atoms with Crippen molar-refractivity contribution in [3.05, 3.63) is 59.2 Å². The Hall–Kier alpha value is -2.54. The molecule has 0 fully saturated rings. The molecule has 156 valence electrons. The summed E-state index contributed by atoms with van der Waals surface area (Å²) in [5.41, 5.74) is 4.17. The Labute approximate surface area is 172 Å². The van der Waals surface area contributed by atoms with Crippen LogP contribution in [0.4, 0.5) is 5.69 Å². The molecule has 6 nitrogen and oxygen atoms in total. The second-order valence-corrected chi connectivity index (χ2v) is 9.40. The number of anilines is 1. The Morgan fingerprint density at radius 3 is 2.55 bits per heavy atom. The van der Waals surface area contributed by atoms with Gasteiger partial charge in [0.15, 0.2) is 0 Å². The molecule has 0 spiro atoms. The van der Waals surface area contributed by atoms with Crippen molar-refractivity contribution < 1.29 is 17.9 Å². The van der Waals surface area contributed by atoms with Gasteiger partial charge in [0.2, 0.25) is 15.9 Å². The summed E-state index contributed by atoms with van der Waals surface area (Å²) in [5, 5.41) is 2.93. The molecular formula is C22H28N2O4S. The highest BCUT2D eigenvalue weighted by Gasteiger charge is 2.22. The molecule has 7 heteroatoms. The molecule has 0 radical (unpaired) electrons. The summed E-state index contributed by atoms with van der Waals surface area (Å²) in [7, 11) is -2.12. The molecule has 29 heavy (non-hydrogen) atoms. The quantitative estimate of drug-likeness (QED) is 0.752. The van der Waals surface area contributed by atoms with Crippen LogP contribution in [0.25, 0.3) is 0 Å². The van der Waals surface area contributed by atoms with Gasteiger partial charge in [-0.05, 0) is 61.4 Å². The van der Waals surface area contributed by atoms with Gasteiger partial charge in [0.25, 0.3) is 0 Å². The van der Waals surface area contributed by atoms with E-state index in [1.165, 1.54) is 31.1 Å². The number of ether oxygens (including phenoxy) is 1. The number of hydrogen-bond acceptors (Lipinski definition) is 4. The van der Waals surface area contributed by atoms with Gasteiger partial charge in [-0.1, -0.05) is 24.3 Å². The third kappa shape index (κ3) is 5.29. The number of nitrogens with zero attached hydrogens (tertiary/aromatic N) is 1. The summed E-state index contributed by atoms with van der Waals surface area (Å²) < 4.78 is 30.8. The zero-order valence-electron chi connectivity index (χ0n) is 17.1. The van der Waals surface area contributed by atoms with E-state index in [0.29, 0.717) is 11.4 Å². The zero-order chi connectivity index (χ0) is 21.0. The van der Waals surface area contributed by atoms with Crippen LogP contribution in [0.1, 0.15) is 42.5 Å². The fourth-order valence-electron chi connectivity index (χ4n) is 3.69. The number of rotatable bonds is 7. The summed E-state index contributed by atoms with van der Waals surface area (Å²) in [4.78, 5) is 12.7. The van der Waals surface area contributed by atoms with Gasteiger partial charge in [0.1, 0.15) is 12.3 Å². The van der Waals surface area contributed by atoms with E-state index in [9.17, 15) is 13.2 Å². The summed E-state index contributed by atoms with van der Waals surface area (Å²) >= 11 is 0. The minimum atomic E-state index is -3.63. The Morgan fingerprint density at radius 2 is 1.86 bits per heavy atom. The van der Waals surface area contributed by atoms with Crippen molar-refractivity contribution in [3.8, 4) is 5.75 Å². The van der Waals surface area contributed by atoms with Crippen LogP contribution in [0, 0.1) is 0 Å². The standard InChI is InChI=1S/C22H28N2O4S/c1-16(18-12-11-17-7-4-5-8-19(17)13-18)23-22(25)15-24(29(3,26)27)20-9-6-10-21(14-20)28-2/h6,9-14,16H,4-5,7-8,15H2,1-3H3,(H,23,25)/t16-/m1/s1. The number of benzene rings is 2. The number of methoxy groups -OCH3 is 1. The number of fused-ring (bicyclic) bond motifs is 1. The van der Waals surface area contributed by atoms with E-state index in [2.05, 4.69) is 17.4 Å². The normalized spacial score (nSPS) is 14.6. The van der Waals surface area contributed by atoms with Gasteiger partial charge in [-0.2, -0.15) is 0 Å². The molecule has 0 unspecified atom stereocenters. The molecule has 2 aromatic carbocycles. The lowest BCUT2D eigenvalue weighted by atomic mass is 9.89. The predicted molar refractivity (Wildman–Crippen MR) is 115 cm³/mol. The van der Waals surface area contributed by atoms with E-state index >= 15 is 0 Å². The lowest BCUT2D eigenvalue weighted by Crippen LogP contribution is -2.41. The van der Waals surface area contributed by atoms with Crippen LogP contribution in [0.3, 0.4) is 0 Å². The summed E-state index contributed by atoms with van der Waals surface area (Å²) in [6, 6.07) is 12.8. The Morgan fingerprint density at radius 1 is 1.14 bits per heavy atom. The highest BCUT2D eigenvalue weighted by Crippen LogP contribution is 2.25. The molecule has 0 aromatic heterocycles. The monoisotopic (exact) mass is 416 g/mol. The largest absolute Gasteiger partial charge is 0.497 e. The Balaban J connectivity index is 1.73. The molecule has 1 amide bonds. The van der Waals surface area contributed by atoms with Gasteiger partial charge in [-0.3, -0.25) is 9.10 Å². The predicted octanol–water partition coefficient (Wildman–Crippen LogP) is 3.22. The van der Waals surface area contributed by atoms with Gasteiger partial charge < -0.3 is 10.1 Å². The van der Waals surface area contributed by atoms with Crippen LogP contribution in [-0.4, -0.2) is 34.2 Å². The molecular weight excluding hydrogens is 388 g/mol. The molecule has 3 rings (SSSR count). The first-order valence-corrected chi connectivity index (χ1v) is 11.7. The van der Waals surface area contributed by atoms with E-state index < -0.39 is 10.0 Å². The Bertz CT molecular complexity index is 988. The van der Waals surface area contributed by atoms with Crippen molar-refractivity contribution in [2.24, 2.45) is 0 Å². The average Bonchev–Trinajstić information content (AvgIpc) is 2.70. The lowest BCUT2D eigenvalue weighted by molar-refractivity contribution is -0.120. The minimum absolute atomic E-state index is 0.207. The zero-order valence-corrected chi connectivity index (χ0v) is 18.0. The van der Waals surface area contributed by atoms with Gasteiger partial charge >= 0.3 is 0 Å². The summed E-state index contributed by atoms with van der Waals surface area (Å²) in [6.07, 6.45) is 5.69. The lowest BCUT2D eigenvalue weighted by Gasteiger charge is -2.24. The molecule has 1 atom stereocenters. The first-order chi connectivity index (χ1) is 13.8. The minimum Gasteiger partial charge on any atom is -0.497 e. The first kappa shape index (κ1) is 21.2. The maximum Gasteiger partial charge on any atom is 0.241 e. The molecule has 0 saturated heterocycles. The number of hydrogen-bond donors (Lipinski definition) is 1. The van der Waals surface area contributed by atoms with E-state index in [0.717, 1.165) is 29.0 Å². The molecule has 0 aliphatic heterocycles. The number of carbonyl (C=O) groups is 1. The second kappa shape index (κ2) is 8.86. The van der Waals surface area contributed by atoms with Gasteiger partial charge in [0, 0.05) is 6.07 Å². The third-order valence-electron chi connectivity index (χ3n) is 5.28. The van der Waals surface area contributed by atoms with Crippen LogP contribution >= 0.6 is 0 Å². The van der Waals surface area contributed by atoms with Crippen LogP contribution in [0.15, 0.2) is 42.5 Å². The van der Waals surface area contributed by atoms with E-state index in [1.54, 1.807) is 24.3 Å². The smallest absolute Gasteiger partial charge is 0.241 e. The molecule has 0 saturated carbocycles. The summed E-state index contributed by atoms with van der Waals surface area (Å²) in [6.45, 7) is 1.63. The number of aryl methyl sites for hydroxylation is 2. The van der Waals surface area contributed by atoms with E-state index in [1.807, 2.05) is 13.0 Å². The number of carbonyl (C=O) groups excluding carboxylic acids is 1. The molecule has 2 aromatic rings. The van der Waals surface area contributed by atoms with Crippen molar-refractivity contribution >= 4 is 21.6 Å². The van der Waals surface area contributed by atoms with Crippen molar-refractivity contribution in [3.63, 3.8) is 0 Å². The molecule has 1 N–H and O–H groups in total. The van der Waals surface area contributed by atoms with Gasteiger partial charge in [-0.15, -0.1) is 0 Å². The maximum absolute atomic E-state index is 12.7. The number of amides is 1. The van der Waals surface area contributed by atoms with E-state index in [-0.39, 0.29) is 18.5 Å². The number of nitrogens with one attached hydrogen (secondary N) is 1. The fourth-order valence-corrected chi connectivity index (χ4v) is 4.54. The summed E-state index contributed by atoms with van der Waals surface area (Å²) in [5.74, 6) is 0.169. The van der Waals surface area contributed by atoms with E-state index in [4.69, 9.17) is 4.74 Å². The van der Waals surface area contributed by atoms with Crippen molar-refractivity contribution in [2.75, 3.05) is 24.2 Å². The topological polar surface area (TPSA) is 75.7 Å². The highest BCUT2D eigenvalue weighted by molar-refractivity contribution is 7.92. The van der Waals surface area contributed by atoms with Crippen molar-refractivity contribution in [1.82, 2.24) is 5.32 Å². The van der Waals surface area contributed by atoms with Crippen LogP contribution in [0.2, 0.25) is 0 Å². The highest BCUT2D eigenvalue weighted by atomic mass is 32.2. The molecule has 1 aliphatic carbocycles. The van der Waals surface area contributed by atoms with Crippen LogP contribution < -0.4 is 14.4 Å².